The Hall–Kier alpha value is -3.32. The van der Waals surface area contributed by atoms with Gasteiger partial charge in [0.05, 0.1) is 24.4 Å². The average Bonchev–Trinajstić information content (AvgIpc) is 3.37. The van der Waals surface area contributed by atoms with Crippen LogP contribution in [0.15, 0.2) is 49.1 Å². The van der Waals surface area contributed by atoms with Crippen LogP contribution < -0.4 is 14.5 Å². The topological polar surface area (TPSA) is 61.8 Å². The van der Waals surface area contributed by atoms with Gasteiger partial charge in [0.2, 0.25) is 5.91 Å². The highest BCUT2D eigenvalue weighted by atomic mass is 35.5. The number of rotatable bonds is 5. The van der Waals surface area contributed by atoms with Gasteiger partial charge in [-0.2, -0.15) is 9.97 Å². The van der Waals surface area contributed by atoms with Gasteiger partial charge in [-0.3, -0.25) is 4.79 Å². The lowest BCUT2D eigenvalue weighted by Gasteiger charge is -2.34. The van der Waals surface area contributed by atoms with Gasteiger partial charge < -0.3 is 19.4 Å². The Kier molecular flexibility index (Phi) is 6.04. The Labute approximate surface area is 204 Å². The molecule has 1 aromatic heterocycles. The van der Waals surface area contributed by atoms with Crippen molar-refractivity contribution in [3.63, 3.8) is 0 Å². The first-order valence-corrected chi connectivity index (χ1v) is 11.9. The lowest BCUT2D eigenvalue weighted by Crippen LogP contribution is -2.39. The van der Waals surface area contributed by atoms with Crippen molar-refractivity contribution >= 4 is 39.8 Å². The highest BCUT2D eigenvalue weighted by Gasteiger charge is 2.32. The molecule has 2 aromatic carbocycles. The molecule has 1 amide bonds. The standard InChI is InChI=1S/C26H28ClN5O2/c1-4-23(33)32-13-11-18(15-32)30(2)25-19-12-14-31(16-21(19)28-26(29-25)34-3)22-10-6-8-17-7-5-9-20(27)24(17)22/h4-10,18H,1,11-16H2,2-3H3. The highest BCUT2D eigenvalue weighted by molar-refractivity contribution is 6.36. The van der Waals surface area contributed by atoms with Crippen LogP contribution in [-0.4, -0.2) is 60.6 Å². The molecular formula is C26H28ClN5O2. The van der Waals surface area contributed by atoms with Crippen molar-refractivity contribution in [2.45, 2.75) is 25.4 Å². The first-order valence-electron chi connectivity index (χ1n) is 11.5. The molecular weight excluding hydrogens is 450 g/mol. The summed E-state index contributed by atoms with van der Waals surface area (Å²) < 4.78 is 5.47. The van der Waals surface area contributed by atoms with Crippen LogP contribution in [0.1, 0.15) is 17.7 Å². The number of aromatic nitrogens is 2. The summed E-state index contributed by atoms with van der Waals surface area (Å²) in [6, 6.07) is 12.8. The lowest BCUT2D eigenvalue weighted by atomic mass is 10.0. The number of benzene rings is 2. The number of ether oxygens (including phenoxy) is 1. The number of methoxy groups -OCH3 is 1. The minimum Gasteiger partial charge on any atom is -0.467 e. The molecule has 0 saturated carbocycles. The number of carbonyl (C=O) groups is 1. The summed E-state index contributed by atoms with van der Waals surface area (Å²) in [4.78, 5) is 27.9. The van der Waals surface area contributed by atoms with Gasteiger partial charge in [-0.05, 0) is 36.4 Å². The Morgan fingerprint density at radius 2 is 2.03 bits per heavy atom. The van der Waals surface area contributed by atoms with E-state index in [2.05, 4.69) is 40.6 Å². The van der Waals surface area contributed by atoms with Crippen molar-refractivity contribution in [2.75, 3.05) is 43.6 Å². The summed E-state index contributed by atoms with van der Waals surface area (Å²) in [5.74, 6) is 0.859. The van der Waals surface area contributed by atoms with Crippen LogP contribution in [0.5, 0.6) is 6.01 Å². The van der Waals surface area contributed by atoms with Gasteiger partial charge in [-0.25, -0.2) is 0 Å². The summed E-state index contributed by atoms with van der Waals surface area (Å²) in [6.07, 6.45) is 3.08. The summed E-state index contributed by atoms with van der Waals surface area (Å²) in [6.45, 7) is 6.47. The Bertz CT molecular complexity index is 1260. The summed E-state index contributed by atoms with van der Waals surface area (Å²) >= 11 is 6.60. The molecule has 1 saturated heterocycles. The molecule has 0 N–H and O–H groups in total. The monoisotopic (exact) mass is 477 g/mol. The van der Waals surface area contributed by atoms with Crippen molar-refractivity contribution in [3.8, 4) is 6.01 Å². The quantitative estimate of drug-likeness (QED) is 0.516. The van der Waals surface area contributed by atoms with Crippen LogP contribution in [0.3, 0.4) is 0 Å². The zero-order valence-electron chi connectivity index (χ0n) is 19.5. The van der Waals surface area contributed by atoms with Gasteiger partial charge >= 0.3 is 6.01 Å². The van der Waals surface area contributed by atoms with E-state index < -0.39 is 0 Å². The van der Waals surface area contributed by atoms with Gasteiger partial charge in [-0.1, -0.05) is 42.4 Å². The maximum atomic E-state index is 12.1. The van der Waals surface area contributed by atoms with E-state index in [1.807, 2.05) is 24.1 Å². The second-order valence-electron chi connectivity index (χ2n) is 8.79. The third-order valence-electron chi connectivity index (χ3n) is 6.91. The van der Waals surface area contributed by atoms with Crippen molar-refractivity contribution in [1.82, 2.24) is 14.9 Å². The number of likely N-dealkylation sites (N-methyl/N-ethyl adjacent to an activating group) is 1. The number of fused-ring (bicyclic) bond motifs is 2. The molecule has 0 bridgehead atoms. The Morgan fingerprint density at radius 1 is 1.24 bits per heavy atom. The number of nitrogens with zero attached hydrogens (tertiary/aromatic N) is 5. The van der Waals surface area contributed by atoms with E-state index in [0.29, 0.717) is 19.1 Å². The molecule has 1 fully saturated rings. The molecule has 1 unspecified atom stereocenters. The molecule has 5 rings (SSSR count). The molecule has 0 radical (unpaired) electrons. The molecule has 8 heteroatoms. The van der Waals surface area contributed by atoms with Crippen molar-refractivity contribution in [1.29, 1.82) is 0 Å². The largest absolute Gasteiger partial charge is 0.467 e. The predicted molar refractivity (Wildman–Crippen MR) is 136 cm³/mol. The van der Waals surface area contributed by atoms with Gasteiger partial charge in [0.25, 0.3) is 0 Å². The SMILES string of the molecule is C=CC(=O)N1CCC(N(C)c2nc(OC)nc3c2CCN(c2cccc4cccc(Cl)c24)C3)C1. The fourth-order valence-corrected chi connectivity index (χ4v) is 5.36. The number of halogens is 1. The van der Waals surface area contributed by atoms with Crippen LogP contribution in [-0.2, 0) is 17.8 Å². The minimum atomic E-state index is -0.0254. The first-order chi connectivity index (χ1) is 16.5. The average molecular weight is 478 g/mol. The second-order valence-corrected chi connectivity index (χ2v) is 9.19. The van der Waals surface area contributed by atoms with E-state index in [-0.39, 0.29) is 11.9 Å². The molecule has 3 aromatic rings. The highest BCUT2D eigenvalue weighted by Crippen LogP contribution is 2.37. The van der Waals surface area contributed by atoms with Gasteiger partial charge in [0.1, 0.15) is 5.82 Å². The van der Waals surface area contributed by atoms with Crippen LogP contribution >= 0.6 is 11.6 Å². The molecule has 2 aliphatic heterocycles. The van der Waals surface area contributed by atoms with E-state index in [0.717, 1.165) is 64.5 Å². The van der Waals surface area contributed by atoms with Crippen LogP contribution in [0.2, 0.25) is 5.02 Å². The fraction of sp³-hybridized carbons (Fsp3) is 0.346. The van der Waals surface area contributed by atoms with Gasteiger partial charge in [-0.15, -0.1) is 0 Å². The zero-order valence-corrected chi connectivity index (χ0v) is 20.3. The van der Waals surface area contributed by atoms with Crippen molar-refractivity contribution in [2.24, 2.45) is 0 Å². The minimum absolute atomic E-state index is 0.0254. The van der Waals surface area contributed by atoms with E-state index in [1.54, 1.807) is 7.11 Å². The number of amides is 1. The Balaban J connectivity index is 1.47. The number of hydrogen-bond donors (Lipinski definition) is 0. The second kappa shape index (κ2) is 9.14. The van der Waals surface area contributed by atoms with Gasteiger partial charge in [0, 0.05) is 49.4 Å². The summed E-state index contributed by atoms with van der Waals surface area (Å²) in [5, 5.41) is 2.93. The maximum Gasteiger partial charge on any atom is 0.318 e. The molecule has 1 atom stereocenters. The third-order valence-corrected chi connectivity index (χ3v) is 7.22. The molecule has 7 nitrogen and oxygen atoms in total. The summed E-state index contributed by atoms with van der Waals surface area (Å²) in [5.41, 5.74) is 3.20. The number of anilines is 2. The lowest BCUT2D eigenvalue weighted by molar-refractivity contribution is -0.125. The molecule has 2 aliphatic rings. The fourth-order valence-electron chi connectivity index (χ4n) is 5.08. The zero-order chi connectivity index (χ0) is 23.8. The molecule has 3 heterocycles. The number of carbonyl (C=O) groups excluding carboxylic acids is 1. The Morgan fingerprint density at radius 3 is 2.79 bits per heavy atom. The van der Waals surface area contributed by atoms with Crippen molar-refractivity contribution < 1.29 is 9.53 Å². The van der Waals surface area contributed by atoms with Crippen LogP contribution in [0, 0.1) is 0 Å². The van der Waals surface area contributed by atoms with E-state index in [4.69, 9.17) is 26.3 Å². The van der Waals surface area contributed by atoms with E-state index in [1.165, 1.54) is 6.08 Å². The van der Waals surface area contributed by atoms with Crippen molar-refractivity contribution in [3.05, 3.63) is 65.3 Å². The molecule has 0 spiro atoms. The van der Waals surface area contributed by atoms with Crippen LogP contribution in [0.25, 0.3) is 10.8 Å². The number of hydrogen-bond acceptors (Lipinski definition) is 6. The summed E-state index contributed by atoms with van der Waals surface area (Å²) in [7, 11) is 3.64. The maximum absolute atomic E-state index is 12.1. The van der Waals surface area contributed by atoms with E-state index >= 15 is 0 Å². The smallest absolute Gasteiger partial charge is 0.318 e. The van der Waals surface area contributed by atoms with E-state index in [9.17, 15) is 4.79 Å². The predicted octanol–water partition coefficient (Wildman–Crippen LogP) is 4.08. The normalized spacial score (nSPS) is 17.6. The number of likely N-dealkylation sites (tertiary alicyclic amines) is 1. The molecule has 176 valence electrons. The molecule has 34 heavy (non-hydrogen) atoms. The molecule has 0 aliphatic carbocycles. The van der Waals surface area contributed by atoms with Crippen LogP contribution in [0.4, 0.5) is 11.5 Å². The van der Waals surface area contributed by atoms with Gasteiger partial charge in [0.15, 0.2) is 0 Å². The first kappa shape index (κ1) is 22.5. The third kappa shape index (κ3) is 3.94.